The minimum absolute atomic E-state index is 0. The molecule has 13 heavy (non-hydrogen) atoms. The zero-order chi connectivity index (χ0) is 9.23. The summed E-state index contributed by atoms with van der Waals surface area (Å²) < 4.78 is 5.97. The van der Waals surface area contributed by atoms with E-state index < -0.39 is 0 Å². The Morgan fingerprint density at radius 3 is 1.69 bits per heavy atom. The molecule has 1 rings (SSSR count). The van der Waals surface area contributed by atoms with Gasteiger partial charge in [0.2, 0.25) is 0 Å². The van der Waals surface area contributed by atoms with Crippen molar-refractivity contribution in [1.82, 2.24) is 0 Å². The number of ether oxygens (including phenoxy) is 1. The molecular weight excluding hydrogens is 240 g/mol. The zero-order valence-electron chi connectivity index (χ0n) is 7.59. The third-order valence-corrected chi connectivity index (χ3v) is 1.67. The first-order chi connectivity index (χ1) is 5.81. The van der Waals surface area contributed by atoms with Gasteiger partial charge in [0.1, 0.15) is 0 Å². The van der Waals surface area contributed by atoms with Crippen molar-refractivity contribution in [3.05, 3.63) is 34.8 Å². The number of hydrogen-bond donors (Lipinski definition) is 0. The van der Waals surface area contributed by atoms with Crippen LogP contribution in [0.15, 0.2) is 34.8 Å². The number of rotatable bonds is 2. The van der Waals surface area contributed by atoms with Gasteiger partial charge in [0.25, 0.3) is 0 Å². The van der Waals surface area contributed by atoms with Gasteiger partial charge in [-0.05, 0) is 26.0 Å². The molecule has 0 saturated heterocycles. The van der Waals surface area contributed by atoms with Crippen LogP contribution >= 0.6 is 15.9 Å². The smallest absolute Gasteiger partial charge is 0.316 e. The molecule has 0 radical (unpaired) electrons. The fourth-order valence-electron chi connectivity index (χ4n) is 0.619. The molecule has 0 unspecified atom stereocenters. The molecule has 0 aromatic heterocycles. The van der Waals surface area contributed by atoms with Gasteiger partial charge in [-0.15, -0.1) is 0 Å². The van der Waals surface area contributed by atoms with E-state index >= 15 is 0 Å². The normalized spacial score (nSPS) is 7.92. The molecule has 1 nitrogen and oxygen atoms in total. The molecule has 1 aromatic carbocycles. The van der Waals surface area contributed by atoms with Crippen LogP contribution in [0.4, 0.5) is 0 Å². The Morgan fingerprint density at radius 2 is 1.54 bits per heavy atom. The Morgan fingerprint density at radius 1 is 1.08 bits per heavy atom. The summed E-state index contributed by atoms with van der Waals surface area (Å²) in [7, 11) is 0. The summed E-state index contributed by atoms with van der Waals surface area (Å²) in [4.78, 5) is 0. The summed E-state index contributed by atoms with van der Waals surface area (Å²) in [5.74, 6) is 0. The van der Waals surface area contributed by atoms with Crippen molar-refractivity contribution in [2.24, 2.45) is 0 Å². The highest BCUT2D eigenvalue weighted by molar-refractivity contribution is 9.10. The molecule has 0 bridgehead atoms. The lowest BCUT2D eigenvalue weighted by Gasteiger charge is -1.86. The first-order valence-corrected chi connectivity index (χ1v) is 4.88. The van der Waals surface area contributed by atoms with Crippen LogP contribution in [0.5, 0.6) is 0 Å². The van der Waals surface area contributed by atoms with Gasteiger partial charge < -0.3 is 4.74 Å². The Balaban J connectivity index is 0. The molecule has 1 aromatic rings. The number of halogens is 1. The van der Waals surface area contributed by atoms with Gasteiger partial charge in [-0.3, -0.25) is 0 Å². The van der Waals surface area contributed by atoms with Crippen molar-refractivity contribution in [3.8, 4) is 0 Å². The monoisotopic (exact) mass is 256 g/mol. The lowest BCUT2D eigenvalue weighted by Crippen LogP contribution is -1.84. The summed E-state index contributed by atoms with van der Waals surface area (Å²) >= 11 is 3.31. The van der Waals surface area contributed by atoms with Gasteiger partial charge >= 0.3 is 23.1 Å². The molecule has 0 N–H and O–H groups in total. The molecule has 3 heteroatoms. The fourth-order valence-corrected chi connectivity index (χ4v) is 0.924. The largest absolute Gasteiger partial charge is 0.382 e. The van der Waals surface area contributed by atoms with E-state index in [0.717, 1.165) is 17.7 Å². The predicted octanol–water partition coefficient (Wildman–Crippen LogP) is 2.58. The van der Waals surface area contributed by atoms with Crippen molar-refractivity contribution in [3.63, 3.8) is 0 Å². The summed E-state index contributed by atoms with van der Waals surface area (Å²) in [5.41, 5.74) is 0. The third-order valence-electron chi connectivity index (χ3n) is 1.14. The van der Waals surface area contributed by atoms with Crippen molar-refractivity contribution in [1.29, 1.82) is 0 Å². The van der Waals surface area contributed by atoms with Crippen molar-refractivity contribution in [2.75, 3.05) is 13.2 Å². The summed E-state index contributed by atoms with van der Waals surface area (Å²) in [5, 5.41) is 0. The molecule has 0 saturated carbocycles. The van der Waals surface area contributed by atoms with Crippen molar-refractivity contribution in [2.45, 2.75) is 13.8 Å². The van der Waals surface area contributed by atoms with Gasteiger partial charge in [-0.25, -0.2) is 0 Å². The first-order valence-electron chi connectivity index (χ1n) is 4.09. The second-order valence-electron chi connectivity index (χ2n) is 2.08. The molecule has 0 aliphatic rings. The van der Waals surface area contributed by atoms with Crippen LogP contribution in [0.3, 0.4) is 0 Å². The van der Waals surface area contributed by atoms with E-state index in [9.17, 15) is 0 Å². The average Bonchev–Trinajstić information content (AvgIpc) is 2.08. The second kappa shape index (κ2) is 12.4. The van der Waals surface area contributed by atoms with Gasteiger partial charge in [0.05, 0.1) is 0 Å². The van der Waals surface area contributed by atoms with Crippen LogP contribution in [-0.4, -0.2) is 36.3 Å². The highest BCUT2D eigenvalue weighted by Gasteiger charge is 1.74. The van der Waals surface area contributed by atoms with Crippen LogP contribution in [0.25, 0.3) is 0 Å². The average molecular weight is 257 g/mol. The molecule has 0 fully saturated rings. The topological polar surface area (TPSA) is 9.23 Å². The number of benzene rings is 1. The van der Waals surface area contributed by atoms with Crippen LogP contribution in [0.2, 0.25) is 0 Å². The first kappa shape index (κ1) is 15.9. The lowest BCUT2D eigenvalue weighted by atomic mass is 10.4. The summed E-state index contributed by atoms with van der Waals surface area (Å²) in [6.45, 7) is 5.67. The molecule has 0 spiro atoms. The number of hydrogen-bond acceptors (Lipinski definition) is 1. The zero-order valence-corrected chi connectivity index (χ0v) is 9.17. The quantitative estimate of drug-likeness (QED) is 0.740. The van der Waals surface area contributed by atoms with E-state index in [1.54, 1.807) is 0 Å². The highest BCUT2D eigenvalue weighted by atomic mass is 79.9. The van der Waals surface area contributed by atoms with Crippen molar-refractivity contribution >= 4 is 39.0 Å². The molecule has 0 aliphatic carbocycles. The maximum absolute atomic E-state index is 4.83. The van der Waals surface area contributed by atoms with Crippen LogP contribution in [-0.2, 0) is 4.74 Å². The van der Waals surface area contributed by atoms with E-state index in [0.29, 0.717) is 0 Å². The maximum atomic E-state index is 4.83. The fraction of sp³-hybridized carbons (Fsp3) is 0.400. The molecule has 0 amide bonds. The summed E-state index contributed by atoms with van der Waals surface area (Å²) in [6.07, 6.45) is 0. The van der Waals surface area contributed by atoms with Crippen LogP contribution < -0.4 is 0 Å². The van der Waals surface area contributed by atoms with Gasteiger partial charge in [0.15, 0.2) is 0 Å². The van der Waals surface area contributed by atoms with Gasteiger partial charge in [0, 0.05) is 17.7 Å². The molecular formula is C10H17BrMgO. The van der Waals surface area contributed by atoms with Gasteiger partial charge in [-0.1, -0.05) is 34.1 Å². The van der Waals surface area contributed by atoms with Gasteiger partial charge in [-0.2, -0.15) is 0 Å². The van der Waals surface area contributed by atoms with Crippen LogP contribution in [0.1, 0.15) is 13.8 Å². The Bertz CT molecular complexity index is 178. The van der Waals surface area contributed by atoms with Crippen LogP contribution in [0, 0.1) is 0 Å². The van der Waals surface area contributed by atoms with Crippen molar-refractivity contribution < 1.29 is 4.74 Å². The second-order valence-corrected chi connectivity index (χ2v) is 2.99. The Kier molecular flexibility index (Phi) is 15.2. The molecule has 72 valence electrons. The van der Waals surface area contributed by atoms with E-state index in [2.05, 4.69) is 15.9 Å². The van der Waals surface area contributed by atoms with E-state index in [-0.39, 0.29) is 23.1 Å². The van der Waals surface area contributed by atoms with E-state index in [4.69, 9.17) is 4.74 Å². The third kappa shape index (κ3) is 12.4. The Labute approximate surface area is 105 Å². The lowest BCUT2D eigenvalue weighted by molar-refractivity contribution is 0.162. The minimum atomic E-state index is 0. The summed E-state index contributed by atoms with van der Waals surface area (Å²) in [6, 6.07) is 9.97. The SMILES string of the molecule is Brc1ccccc1.CCOCC.[MgH2]. The predicted molar refractivity (Wildman–Crippen MR) is 64.9 cm³/mol. The molecule has 0 heterocycles. The maximum Gasteiger partial charge on any atom is 0.316 e. The standard InChI is InChI=1S/C6H5Br.C4H10O.Mg.2H/c7-6-4-2-1-3-5-6;1-3-5-4-2;;;/h1-5H;3-4H2,1-2H3;;;. The van der Waals surface area contributed by atoms with E-state index in [1.807, 2.05) is 44.2 Å². The molecule has 0 aliphatic heterocycles. The van der Waals surface area contributed by atoms with E-state index in [1.165, 1.54) is 0 Å². The highest BCUT2D eigenvalue weighted by Crippen LogP contribution is 2.05. The minimum Gasteiger partial charge on any atom is -0.382 e. The Hall–Kier alpha value is 0.426. The molecule has 0 atom stereocenters.